The minimum absolute atomic E-state index is 0.0979. The topological polar surface area (TPSA) is 92.0 Å². The number of ether oxygens (including phenoxy) is 1. The highest BCUT2D eigenvalue weighted by Gasteiger charge is 2.09. The molecule has 0 unspecified atom stereocenters. The normalized spacial score (nSPS) is 15.8. The van der Waals surface area contributed by atoms with Gasteiger partial charge < -0.3 is 15.4 Å². The molecular weight excluding hydrogens is 322 g/mol. The summed E-state index contributed by atoms with van der Waals surface area (Å²) in [6, 6.07) is 6.51. The van der Waals surface area contributed by atoms with Gasteiger partial charge in [-0.2, -0.15) is 0 Å². The van der Waals surface area contributed by atoms with E-state index in [2.05, 4.69) is 27.4 Å². The maximum Gasteiger partial charge on any atom is 0.269 e. The Balaban J connectivity index is 1.84. The third kappa shape index (κ3) is 7.06. The van der Waals surface area contributed by atoms with Crippen LogP contribution in [0.15, 0.2) is 29.3 Å². The molecule has 0 saturated carbocycles. The number of nitro groups is 1. The molecule has 0 radical (unpaired) electrons. The molecule has 1 heterocycles. The molecule has 1 saturated heterocycles. The summed E-state index contributed by atoms with van der Waals surface area (Å²) in [7, 11) is 0. The summed E-state index contributed by atoms with van der Waals surface area (Å²) in [6.45, 7) is 8.75. The first-order valence-corrected chi connectivity index (χ1v) is 8.74. The average molecular weight is 349 g/mol. The van der Waals surface area contributed by atoms with Crippen LogP contribution in [-0.2, 0) is 11.3 Å². The first-order valence-electron chi connectivity index (χ1n) is 8.74. The maximum absolute atomic E-state index is 10.7. The second-order valence-corrected chi connectivity index (χ2v) is 5.90. The smallest absolute Gasteiger partial charge is 0.269 e. The number of nitrogens with one attached hydrogen (secondary N) is 2. The van der Waals surface area contributed by atoms with Crippen LogP contribution in [0.4, 0.5) is 5.69 Å². The van der Waals surface area contributed by atoms with Crippen LogP contribution in [0.25, 0.3) is 0 Å². The third-order valence-corrected chi connectivity index (χ3v) is 3.93. The van der Waals surface area contributed by atoms with Gasteiger partial charge in [0.25, 0.3) is 5.69 Å². The molecule has 0 bridgehead atoms. The zero-order chi connectivity index (χ0) is 17.9. The molecule has 25 heavy (non-hydrogen) atoms. The Hall–Kier alpha value is -2.19. The van der Waals surface area contributed by atoms with Crippen molar-refractivity contribution in [3.05, 3.63) is 39.9 Å². The van der Waals surface area contributed by atoms with E-state index in [-0.39, 0.29) is 5.69 Å². The zero-order valence-electron chi connectivity index (χ0n) is 14.7. The van der Waals surface area contributed by atoms with Gasteiger partial charge in [0, 0.05) is 44.9 Å². The zero-order valence-corrected chi connectivity index (χ0v) is 14.7. The molecule has 1 aliphatic heterocycles. The van der Waals surface area contributed by atoms with Crippen molar-refractivity contribution in [3.8, 4) is 0 Å². The highest BCUT2D eigenvalue weighted by atomic mass is 16.6. The van der Waals surface area contributed by atoms with Crippen LogP contribution < -0.4 is 10.6 Å². The van der Waals surface area contributed by atoms with E-state index in [1.807, 2.05) is 0 Å². The maximum atomic E-state index is 10.7. The molecule has 1 fully saturated rings. The summed E-state index contributed by atoms with van der Waals surface area (Å²) in [5.74, 6) is 0.772. The van der Waals surface area contributed by atoms with Gasteiger partial charge in [0.15, 0.2) is 5.96 Å². The minimum Gasteiger partial charge on any atom is -0.379 e. The number of nitrogens with zero attached hydrogens (tertiary/aromatic N) is 3. The number of nitro benzene ring substituents is 1. The van der Waals surface area contributed by atoms with E-state index in [9.17, 15) is 10.1 Å². The summed E-state index contributed by atoms with van der Waals surface area (Å²) in [6.07, 6.45) is 1.02. The van der Waals surface area contributed by atoms with E-state index in [1.54, 1.807) is 12.1 Å². The number of non-ortho nitro benzene ring substituents is 1. The molecule has 1 aromatic carbocycles. The fraction of sp³-hybridized carbons (Fsp3) is 0.588. The second-order valence-electron chi connectivity index (χ2n) is 5.90. The molecule has 1 aliphatic rings. The predicted octanol–water partition coefficient (Wildman–Crippen LogP) is 1.37. The lowest BCUT2D eigenvalue weighted by Gasteiger charge is -2.26. The van der Waals surface area contributed by atoms with E-state index >= 15 is 0 Å². The van der Waals surface area contributed by atoms with Crippen molar-refractivity contribution in [1.82, 2.24) is 15.5 Å². The Bertz CT molecular complexity index is 556. The van der Waals surface area contributed by atoms with Crippen LogP contribution in [0.3, 0.4) is 0 Å². The number of guanidine groups is 1. The summed E-state index contributed by atoms with van der Waals surface area (Å²) in [5.41, 5.74) is 1.04. The first-order chi connectivity index (χ1) is 12.2. The standard InChI is InChI=1S/C17H27N5O3/c1-2-7-18-17(19-8-9-21-10-12-25-13-11-21)20-14-15-3-5-16(6-4-15)22(23)24/h3-6H,2,7-14H2,1H3,(H2,18,19,20). The van der Waals surface area contributed by atoms with Crippen molar-refractivity contribution in [1.29, 1.82) is 0 Å². The Morgan fingerprint density at radius 3 is 2.56 bits per heavy atom. The Labute approximate surface area is 148 Å². The van der Waals surface area contributed by atoms with Crippen LogP contribution in [-0.4, -0.2) is 61.7 Å². The summed E-state index contributed by atoms with van der Waals surface area (Å²) >= 11 is 0. The van der Waals surface area contributed by atoms with E-state index in [0.717, 1.165) is 63.9 Å². The Morgan fingerprint density at radius 1 is 1.24 bits per heavy atom. The lowest BCUT2D eigenvalue weighted by Crippen LogP contribution is -2.44. The molecular formula is C17H27N5O3. The number of rotatable bonds is 8. The molecule has 0 spiro atoms. The van der Waals surface area contributed by atoms with Gasteiger partial charge >= 0.3 is 0 Å². The Kier molecular flexibility index (Phi) is 8.14. The first kappa shape index (κ1) is 19.1. The lowest BCUT2D eigenvalue weighted by molar-refractivity contribution is -0.384. The summed E-state index contributed by atoms with van der Waals surface area (Å²) in [5, 5.41) is 17.3. The molecule has 0 amide bonds. The van der Waals surface area contributed by atoms with Crippen molar-refractivity contribution >= 4 is 11.6 Å². The summed E-state index contributed by atoms with van der Waals surface area (Å²) < 4.78 is 5.35. The van der Waals surface area contributed by atoms with Crippen LogP contribution in [0.1, 0.15) is 18.9 Å². The SMILES string of the molecule is CCCNC(=NCc1ccc([N+](=O)[O-])cc1)NCCN1CCOCC1. The van der Waals surface area contributed by atoms with Crippen molar-refractivity contribution in [2.24, 2.45) is 4.99 Å². The van der Waals surface area contributed by atoms with Crippen LogP contribution in [0, 0.1) is 10.1 Å². The van der Waals surface area contributed by atoms with Gasteiger partial charge in [-0.25, -0.2) is 4.99 Å². The molecule has 0 aromatic heterocycles. The fourth-order valence-electron chi connectivity index (χ4n) is 2.47. The van der Waals surface area contributed by atoms with Crippen molar-refractivity contribution in [2.75, 3.05) is 45.9 Å². The third-order valence-electron chi connectivity index (χ3n) is 3.93. The number of aliphatic imine (C=N–C) groups is 1. The fourth-order valence-corrected chi connectivity index (χ4v) is 2.47. The average Bonchev–Trinajstić information content (AvgIpc) is 2.64. The largest absolute Gasteiger partial charge is 0.379 e. The van der Waals surface area contributed by atoms with Crippen molar-refractivity contribution < 1.29 is 9.66 Å². The highest BCUT2D eigenvalue weighted by Crippen LogP contribution is 2.12. The van der Waals surface area contributed by atoms with Gasteiger partial charge in [-0.05, 0) is 12.0 Å². The molecule has 0 atom stereocenters. The van der Waals surface area contributed by atoms with Gasteiger partial charge in [0.2, 0.25) is 0 Å². The van der Waals surface area contributed by atoms with Crippen molar-refractivity contribution in [2.45, 2.75) is 19.9 Å². The molecule has 8 heteroatoms. The predicted molar refractivity (Wildman–Crippen MR) is 97.8 cm³/mol. The van der Waals surface area contributed by atoms with Gasteiger partial charge in [0.1, 0.15) is 0 Å². The van der Waals surface area contributed by atoms with Gasteiger partial charge in [-0.1, -0.05) is 19.1 Å². The van der Waals surface area contributed by atoms with Gasteiger partial charge in [0.05, 0.1) is 24.7 Å². The number of morpholine rings is 1. The molecule has 8 nitrogen and oxygen atoms in total. The van der Waals surface area contributed by atoms with Crippen LogP contribution >= 0.6 is 0 Å². The quantitative estimate of drug-likeness (QED) is 0.319. The number of hydrogen-bond acceptors (Lipinski definition) is 5. The van der Waals surface area contributed by atoms with Crippen LogP contribution in [0.5, 0.6) is 0 Å². The van der Waals surface area contributed by atoms with Crippen molar-refractivity contribution in [3.63, 3.8) is 0 Å². The Morgan fingerprint density at radius 2 is 1.92 bits per heavy atom. The van der Waals surface area contributed by atoms with E-state index in [1.165, 1.54) is 12.1 Å². The minimum atomic E-state index is -0.394. The monoisotopic (exact) mass is 349 g/mol. The summed E-state index contributed by atoms with van der Waals surface area (Å²) in [4.78, 5) is 17.2. The van der Waals surface area contributed by atoms with E-state index < -0.39 is 4.92 Å². The molecule has 2 N–H and O–H groups in total. The number of benzene rings is 1. The molecule has 138 valence electrons. The second kappa shape index (κ2) is 10.6. The van der Waals surface area contributed by atoms with Crippen LogP contribution in [0.2, 0.25) is 0 Å². The van der Waals surface area contributed by atoms with E-state index in [0.29, 0.717) is 6.54 Å². The lowest BCUT2D eigenvalue weighted by atomic mass is 10.2. The molecule has 2 rings (SSSR count). The number of hydrogen-bond donors (Lipinski definition) is 2. The van der Waals surface area contributed by atoms with Gasteiger partial charge in [-0.3, -0.25) is 15.0 Å². The van der Waals surface area contributed by atoms with Gasteiger partial charge in [-0.15, -0.1) is 0 Å². The highest BCUT2D eigenvalue weighted by molar-refractivity contribution is 5.79. The molecule has 1 aromatic rings. The van der Waals surface area contributed by atoms with E-state index in [4.69, 9.17) is 4.74 Å². The molecule has 0 aliphatic carbocycles.